The second-order valence-corrected chi connectivity index (χ2v) is 5.71. The van der Waals surface area contributed by atoms with Gasteiger partial charge in [-0.3, -0.25) is 4.99 Å². The first-order valence-electron chi connectivity index (χ1n) is 7.98. The molecule has 22 heavy (non-hydrogen) atoms. The van der Waals surface area contributed by atoms with Gasteiger partial charge in [0.1, 0.15) is 5.82 Å². The van der Waals surface area contributed by atoms with E-state index in [1.807, 2.05) is 0 Å². The molecule has 1 aromatic rings. The number of rotatable bonds is 5. The summed E-state index contributed by atoms with van der Waals surface area (Å²) in [4.78, 5) is 4.28. The minimum Gasteiger partial charge on any atom is -0.375 e. The van der Waals surface area contributed by atoms with E-state index < -0.39 is 0 Å². The summed E-state index contributed by atoms with van der Waals surface area (Å²) in [5.74, 6) is 0.567. The summed E-state index contributed by atoms with van der Waals surface area (Å²) in [5, 5.41) is 6.77. The maximum Gasteiger partial charge on any atom is 0.191 e. The number of nitrogens with zero attached hydrogens (tertiary/aromatic N) is 1. The zero-order chi connectivity index (χ0) is 15.8. The van der Waals surface area contributed by atoms with Crippen LogP contribution in [0.2, 0.25) is 0 Å². The quantitative estimate of drug-likeness (QED) is 0.649. The Morgan fingerprint density at radius 3 is 2.55 bits per heavy atom. The largest absolute Gasteiger partial charge is 0.375 e. The Balaban J connectivity index is 1.86. The van der Waals surface area contributed by atoms with Crippen LogP contribution < -0.4 is 10.6 Å². The summed E-state index contributed by atoms with van der Waals surface area (Å²) >= 11 is 0. The highest BCUT2D eigenvalue weighted by molar-refractivity contribution is 5.80. The third-order valence-electron chi connectivity index (χ3n) is 4.15. The number of hydrogen-bond acceptors (Lipinski definition) is 2. The molecule has 0 saturated heterocycles. The van der Waals surface area contributed by atoms with Gasteiger partial charge in [-0.25, -0.2) is 4.39 Å². The Hall–Kier alpha value is -1.62. The highest BCUT2D eigenvalue weighted by Gasteiger charge is 2.16. The molecule has 1 aliphatic carbocycles. The number of guanidine groups is 1. The summed E-state index contributed by atoms with van der Waals surface area (Å²) in [7, 11) is 3.44. The van der Waals surface area contributed by atoms with Gasteiger partial charge in [0, 0.05) is 26.7 Å². The molecule has 0 spiro atoms. The Labute approximate surface area is 132 Å². The smallest absolute Gasteiger partial charge is 0.191 e. The van der Waals surface area contributed by atoms with Gasteiger partial charge in [-0.15, -0.1) is 0 Å². The van der Waals surface area contributed by atoms with Crippen LogP contribution in [0, 0.1) is 5.82 Å². The van der Waals surface area contributed by atoms with Gasteiger partial charge in [-0.1, -0.05) is 31.4 Å². The third kappa shape index (κ3) is 4.98. The maximum atomic E-state index is 13.0. The number of hydrogen-bond donors (Lipinski definition) is 2. The van der Waals surface area contributed by atoms with Crippen molar-refractivity contribution in [1.82, 2.24) is 10.6 Å². The summed E-state index contributed by atoms with van der Waals surface area (Å²) in [6.45, 7) is 0.592. The molecular formula is C17H26FN3O. The molecule has 5 heteroatoms. The fourth-order valence-corrected chi connectivity index (χ4v) is 2.84. The monoisotopic (exact) mass is 307 g/mol. The van der Waals surface area contributed by atoms with Crippen LogP contribution in [0.5, 0.6) is 0 Å². The van der Waals surface area contributed by atoms with Crippen molar-refractivity contribution in [2.45, 2.75) is 44.2 Å². The molecular weight excluding hydrogens is 281 g/mol. The van der Waals surface area contributed by atoms with Crippen LogP contribution in [0.4, 0.5) is 4.39 Å². The van der Waals surface area contributed by atoms with Gasteiger partial charge in [0.05, 0.1) is 6.10 Å². The molecule has 1 saturated carbocycles. The highest BCUT2D eigenvalue weighted by Crippen LogP contribution is 2.18. The van der Waals surface area contributed by atoms with Gasteiger partial charge in [0.15, 0.2) is 5.96 Å². The van der Waals surface area contributed by atoms with E-state index in [0.29, 0.717) is 12.6 Å². The minimum atomic E-state index is -0.235. The number of aliphatic imine (C=N–C) groups is 1. The minimum absolute atomic E-state index is 0.134. The number of methoxy groups -OCH3 is 1. The van der Waals surface area contributed by atoms with E-state index in [2.05, 4.69) is 15.6 Å². The molecule has 2 rings (SSSR count). The first kappa shape index (κ1) is 16.7. The second kappa shape index (κ2) is 8.73. The summed E-state index contributed by atoms with van der Waals surface area (Å²) in [6, 6.07) is 6.92. The predicted molar refractivity (Wildman–Crippen MR) is 87.5 cm³/mol. The Kier molecular flexibility index (Phi) is 6.65. The van der Waals surface area contributed by atoms with E-state index in [1.165, 1.54) is 44.2 Å². The first-order chi connectivity index (χ1) is 10.7. The Morgan fingerprint density at radius 2 is 1.95 bits per heavy atom. The third-order valence-corrected chi connectivity index (χ3v) is 4.15. The molecule has 122 valence electrons. The van der Waals surface area contributed by atoms with Crippen molar-refractivity contribution in [2.75, 3.05) is 20.7 Å². The first-order valence-corrected chi connectivity index (χ1v) is 7.98. The van der Waals surface area contributed by atoms with Crippen LogP contribution in [-0.4, -0.2) is 32.7 Å². The summed E-state index contributed by atoms with van der Waals surface area (Å²) in [6.07, 6.45) is 6.17. The van der Waals surface area contributed by atoms with E-state index in [9.17, 15) is 4.39 Å². The van der Waals surface area contributed by atoms with Crippen LogP contribution in [0.3, 0.4) is 0 Å². The number of halogens is 1. The molecule has 1 aliphatic rings. The second-order valence-electron chi connectivity index (χ2n) is 5.71. The zero-order valence-corrected chi connectivity index (χ0v) is 13.4. The molecule has 4 nitrogen and oxygen atoms in total. The Morgan fingerprint density at radius 1 is 1.27 bits per heavy atom. The molecule has 0 aliphatic heterocycles. The van der Waals surface area contributed by atoms with Crippen LogP contribution in [-0.2, 0) is 4.74 Å². The molecule has 1 aromatic carbocycles. The molecule has 1 fully saturated rings. The van der Waals surface area contributed by atoms with Crippen molar-refractivity contribution in [2.24, 2.45) is 4.99 Å². The number of nitrogens with one attached hydrogen (secondary N) is 2. The average Bonchev–Trinajstić information content (AvgIpc) is 2.56. The van der Waals surface area contributed by atoms with Crippen LogP contribution in [0.1, 0.15) is 43.8 Å². The van der Waals surface area contributed by atoms with Gasteiger partial charge in [-0.05, 0) is 30.5 Å². The SMILES string of the molecule is CN=C(NCC(OC)c1ccc(F)cc1)NC1CCCCC1. The van der Waals surface area contributed by atoms with Gasteiger partial charge in [-0.2, -0.15) is 0 Å². The van der Waals surface area contributed by atoms with Crippen LogP contribution >= 0.6 is 0 Å². The van der Waals surface area contributed by atoms with Gasteiger partial charge >= 0.3 is 0 Å². The van der Waals surface area contributed by atoms with Gasteiger partial charge in [0.2, 0.25) is 0 Å². The van der Waals surface area contributed by atoms with Gasteiger partial charge < -0.3 is 15.4 Å². The summed E-state index contributed by atoms with van der Waals surface area (Å²) < 4.78 is 18.5. The lowest BCUT2D eigenvalue weighted by atomic mass is 9.96. The van der Waals surface area contributed by atoms with Gasteiger partial charge in [0.25, 0.3) is 0 Å². The van der Waals surface area contributed by atoms with E-state index in [0.717, 1.165) is 11.5 Å². The highest BCUT2D eigenvalue weighted by atomic mass is 19.1. The number of ether oxygens (including phenoxy) is 1. The van der Waals surface area contributed by atoms with Crippen molar-refractivity contribution in [3.05, 3.63) is 35.6 Å². The van der Waals surface area contributed by atoms with E-state index in [1.54, 1.807) is 26.3 Å². The standard InChI is InChI=1S/C17H26FN3O/c1-19-17(21-15-6-4-3-5-7-15)20-12-16(22-2)13-8-10-14(18)11-9-13/h8-11,15-16H,3-7,12H2,1-2H3,(H2,19,20,21). The predicted octanol–water partition coefficient (Wildman–Crippen LogP) is 3.01. The average molecular weight is 307 g/mol. The normalized spacial score (nSPS) is 18.0. The molecule has 0 radical (unpaired) electrons. The van der Waals surface area contributed by atoms with Crippen molar-refractivity contribution in [3.63, 3.8) is 0 Å². The topological polar surface area (TPSA) is 45.7 Å². The zero-order valence-electron chi connectivity index (χ0n) is 13.4. The summed E-state index contributed by atoms with van der Waals surface area (Å²) in [5.41, 5.74) is 0.949. The van der Waals surface area contributed by atoms with E-state index in [4.69, 9.17) is 4.74 Å². The van der Waals surface area contributed by atoms with Crippen molar-refractivity contribution < 1.29 is 9.13 Å². The maximum absolute atomic E-state index is 13.0. The lowest BCUT2D eigenvalue weighted by molar-refractivity contribution is 0.106. The molecule has 1 unspecified atom stereocenters. The lowest BCUT2D eigenvalue weighted by Gasteiger charge is -2.26. The van der Waals surface area contributed by atoms with Crippen LogP contribution in [0.25, 0.3) is 0 Å². The number of benzene rings is 1. The molecule has 1 atom stereocenters. The fourth-order valence-electron chi connectivity index (χ4n) is 2.84. The van der Waals surface area contributed by atoms with E-state index in [-0.39, 0.29) is 11.9 Å². The lowest BCUT2D eigenvalue weighted by Crippen LogP contribution is -2.45. The molecule has 0 bridgehead atoms. The molecule has 0 aromatic heterocycles. The van der Waals surface area contributed by atoms with E-state index >= 15 is 0 Å². The van der Waals surface area contributed by atoms with Crippen LogP contribution in [0.15, 0.2) is 29.3 Å². The fraction of sp³-hybridized carbons (Fsp3) is 0.588. The van der Waals surface area contributed by atoms with Crippen molar-refractivity contribution >= 4 is 5.96 Å². The van der Waals surface area contributed by atoms with Crippen molar-refractivity contribution in [1.29, 1.82) is 0 Å². The molecule has 0 amide bonds. The van der Waals surface area contributed by atoms with Crippen molar-refractivity contribution in [3.8, 4) is 0 Å². The molecule has 0 heterocycles. The molecule has 2 N–H and O–H groups in total. The Bertz CT molecular complexity index is 469.